The Balaban J connectivity index is 0.000000631. The zero-order valence-corrected chi connectivity index (χ0v) is 12.7. The van der Waals surface area contributed by atoms with Gasteiger partial charge in [0.15, 0.2) is 0 Å². The number of allylic oxidation sites excluding steroid dienone is 2. The first-order valence-electron chi connectivity index (χ1n) is 7.68. The first-order chi connectivity index (χ1) is 8.85. The van der Waals surface area contributed by atoms with Crippen LogP contribution < -0.4 is 0 Å². The molecule has 0 fully saturated rings. The highest BCUT2D eigenvalue weighted by molar-refractivity contribution is 5.15. The minimum atomic E-state index is 0.864. The Labute approximate surface area is 115 Å². The monoisotopic (exact) mass is 252 g/mol. The van der Waals surface area contributed by atoms with Gasteiger partial charge < -0.3 is 4.74 Å². The molecule has 1 rings (SSSR count). The number of methoxy groups -OCH3 is 1. The molecule has 0 saturated heterocycles. The van der Waals surface area contributed by atoms with Crippen LogP contribution in [0.1, 0.15) is 71.6 Å². The number of unbranched alkanes of at least 4 members (excludes halogenated alkanes) is 4. The molecule has 0 N–H and O–H groups in total. The van der Waals surface area contributed by atoms with E-state index in [1.807, 2.05) is 0 Å². The van der Waals surface area contributed by atoms with Gasteiger partial charge in [-0.1, -0.05) is 38.3 Å². The van der Waals surface area contributed by atoms with Crippen molar-refractivity contribution in [1.29, 1.82) is 0 Å². The van der Waals surface area contributed by atoms with Gasteiger partial charge in [-0.25, -0.2) is 0 Å². The van der Waals surface area contributed by atoms with Crippen molar-refractivity contribution in [2.24, 2.45) is 0 Å². The van der Waals surface area contributed by atoms with Crippen molar-refractivity contribution in [2.45, 2.75) is 71.6 Å². The van der Waals surface area contributed by atoms with Crippen LogP contribution in [0.15, 0.2) is 11.6 Å². The average Bonchev–Trinajstić information content (AvgIpc) is 2.44. The van der Waals surface area contributed by atoms with Crippen molar-refractivity contribution in [1.82, 2.24) is 0 Å². The Morgan fingerprint density at radius 2 is 1.89 bits per heavy atom. The second-order valence-electron chi connectivity index (χ2n) is 4.88. The summed E-state index contributed by atoms with van der Waals surface area (Å²) in [6.07, 6.45) is 18.6. The summed E-state index contributed by atoms with van der Waals surface area (Å²) in [5.74, 6) is 0. The van der Waals surface area contributed by atoms with Crippen molar-refractivity contribution < 1.29 is 4.74 Å². The standard InChI is InChI=1S/C13H22O.C4H10/c1-14-12-8-3-2-5-9-13-10-6-4-7-11-13;1-3-4-2/h3,9-10H,2,4-8,11-12H2,1H3;3-4H2,1-2H3. The Bertz CT molecular complexity index is 182. The second-order valence-corrected chi connectivity index (χ2v) is 4.88. The van der Waals surface area contributed by atoms with Gasteiger partial charge in [0.2, 0.25) is 0 Å². The summed E-state index contributed by atoms with van der Waals surface area (Å²) < 4.78 is 4.99. The van der Waals surface area contributed by atoms with Crippen LogP contribution in [0.2, 0.25) is 0 Å². The summed E-state index contributed by atoms with van der Waals surface area (Å²) in [4.78, 5) is 0. The molecular weight excluding hydrogens is 220 g/mol. The minimum absolute atomic E-state index is 0.864. The lowest BCUT2D eigenvalue weighted by Gasteiger charge is -2.11. The second kappa shape index (κ2) is 14.8. The van der Waals surface area contributed by atoms with E-state index >= 15 is 0 Å². The highest BCUT2D eigenvalue weighted by Crippen LogP contribution is 2.21. The van der Waals surface area contributed by atoms with Crippen molar-refractivity contribution in [2.75, 3.05) is 13.7 Å². The molecule has 1 aliphatic carbocycles. The van der Waals surface area contributed by atoms with Crippen LogP contribution in [-0.4, -0.2) is 13.7 Å². The predicted molar refractivity (Wildman–Crippen MR) is 81.5 cm³/mol. The van der Waals surface area contributed by atoms with Crippen LogP contribution in [-0.2, 0) is 4.74 Å². The Kier molecular flexibility index (Phi) is 14.5. The maximum absolute atomic E-state index is 4.99. The van der Waals surface area contributed by atoms with Crippen molar-refractivity contribution in [3.63, 3.8) is 0 Å². The quantitative estimate of drug-likeness (QED) is 0.517. The minimum Gasteiger partial charge on any atom is -0.385 e. The van der Waals surface area contributed by atoms with Gasteiger partial charge in [-0.15, -0.1) is 0 Å². The Morgan fingerprint density at radius 1 is 1.11 bits per heavy atom. The Hall–Kier alpha value is -0.300. The van der Waals surface area contributed by atoms with Crippen LogP contribution in [0, 0.1) is 12.8 Å². The summed E-state index contributed by atoms with van der Waals surface area (Å²) >= 11 is 0. The number of hydrogen-bond acceptors (Lipinski definition) is 1. The molecule has 1 heteroatoms. The molecule has 1 nitrogen and oxygen atoms in total. The molecular formula is C17H32O. The summed E-state index contributed by atoms with van der Waals surface area (Å²) in [5, 5.41) is 0. The first-order valence-corrected chi connectivity index (χ1v) is 7.68. The molecule has 0 aromatic heterocycles. The number of ether oxygens (including phenoxy) is 1. The molecule has 0 aromatic carbocycles. The molecule has 0 saturated carbocycles. The van der Waals surface area contributed by atoms with E-state index in [-0.39, 0.29) is 0 Å². The third-order valence-electron chi connectivity index (χ3n) is 3.13. The van der Waals surface area contributed by atoms with Gasteiger partial charge in [0.25, 0.3) is 0 Å². The highest BCUT2D eigenvalue weighted by Gasteiger charge is 2.02. The van der Waals surface area contributed by atoms with E-state index in [1.54, 1.807) is 12.7 Å². The molecule has 2 radical (unpaired) electrons. The fourth-order valence-electron chi connectivity index (χ4n) is 1.78. The van der Waals surface area contributed by atoms with Gasteiger partial charge in [0, 0.05) is 13.7 Å². The van der Waals surface area contributed by atoms with E-state index in [1.165, 1.54) is 51.4 Å². The van der Waals surface area contributed by atoms with E-state index in [4.69, 9.17) is 4.74 Å². The zero-order chi connectivity index (χ0) is 13.5. The summed E-state index contributed by atoms with van der Waals surface area (Å²) in [6, 6.07) is 0. The summed E-state index contributed by atoms with van der Waals surface area (Å²) in [7, 11) is 1.76. The van der Waals surface area contributed by atoms with Gasteiger partial charge in [-0.3, -0.25) is 0 Å². The Morgan fingerprint density at radius 3 is 2.44 bits per heavy atom. The molecule has 0 aromatic rings. The average molecular weight is 252 g/mol. The molecule has 0 amide bonds. The highest BCUT2D eigenvalue weighted by atomic mass is 16.5. The fraction of sp³-hybridized carbons (Fsp3) is 0.765. The largest absolute Gasteiger partial charge is 0.385 e. The SMILES string of the molecule is CCCC.COCC[CH]CC[CH]C1=CCCCC1. The molecule has 0 bridgehead atoms. The van der Waals surface area contributed by atoms with Crippen LogP contribution in [0.25, 0.3) is 0 Å². The zero-order valence-electron chi connectivity index (χ0n) is 12.7. The third-order valence-corrected chi connectivity index (χ3v) is 3.13. The maximum Gasteiger partial charge on any atom is 0.0465 e. The fourth-order valence-corrected chi connectivity index (χ4v) is 1.78. The smallest absolute Gasteiger partial charge is 0.0465 e. The van der Waals surface area contributed by atoms with Crippen LogP contribution in [0.5, 0.6) is 0 Å². The van der Waals surface area contributed by atoms with E-state index in [9.17, 15) is 0 Å². The molecule has 1 aliphatic rings. The topological polar surface area (TPSA) is 9.23 Å². The molecule has 106 valence electrons. The van der Waals surface area contributed by atoms with E-state index in [0.29, 0.717) is 0 Å². The van der Waals surface area contributed by atoms with Gasteiger partial charge >= 0.3 is 0 Å². The van der Waals surface area contributed by atoms with Crippen molar-refractivity contribution >= 4 is 0 Å². The molecule has 0 heterocycles. The molecule has 0 aliphatic heterocycles. The van der Waals surface area contributed by atoms with E-state index in [0.717, 1.165) is 13.0 Å². The lowest BCUT2D eigenvalue weighted by molar-refractivity contribution is 0.200. The molecule has 18 heavy (non-hydrogen) atoms. The molecule has 0 atom stereocenters. The van der Waals surface area contributed by atoms with E-state index in [2.05, 4.69) is 32.8 Å². The number of hydrogen-bond donors (Lipinski definition) is 0. The third kappa shape index (κ3) is 12.2. The van der Waals surface area contributed by atoms with Crippen LogP contribution >= 0.6 is 0 Å². The van der Waals surface area contributed by atoms with Gasteiger partial charge in [-0.2, -0.15) is 0 Å². The normalized spacial score (nSPS) is 14.7. The summed E-state index contributed by atoms with van der Waals surface area (Å²) in [5.41, 5.74) is 1.58. The van der Waals surface area contributed by atoms with Crippen LogP contribution in [0.3, 0.4) is 0 Å². The lowest BCUT2D eigenvalue weighted by Crippen LogP contribution is -1.94. The summed E-state index contributed by atoms with van der Waals surface area (Å²) in [6.45, 7) is 5.22. The first kappa shape index (κ1) is 17.7. The van der Waals surface area contributed by atoms with Gasteiger partial charge in [0.05, 0.1) is 0 Å². The van der Waals surface area contributed by atoms with Crippen molar-refractivity contribution in [3.05, 3.63) is 24.5 Å². The van der Waals surface area contributed by atoms with Crippen LogP contribution in [0.4, 0.5) is 0 Å². The van der Waals surface area contributed by atoms with Gasteiger partial charge in [-0.05, 0) is 57.8 Å². The predicted octanol–water partition coefficient (Wildman–Crippen LogP) is 5.52. The van der Waals surface area contributed by atoms with Gasteiger partial charge in [0.1, 0.15) is 0 Å². The van der Waals surface area contributed by atoms with E-state index < -0.39 is 0 Å². The van der Waals surface area contributed by atoms with Crippen molar-refractivity contribution in [3.8, 4) is 0 Å². The molecule has 0 spiro atoms. The number of rotatable bonds is 8. The lowest BCUT2D eigenvalue weighted by atomic mass is 9.95. The molecule has 0 unspecified atom stereocenters. The maximum atomic E-state index is 4.99.